The monoisotopic (exact) mass is 386 g/mol. The average Bonchev–Trinajstić information content (AvgIpc) is 3.26. The van der Waals surface area contributed by atoms with Crippen molar-refractivity contribution in [2.24, 2.45) is 4.99 Å². The van der Waals surface area contributed by atoms with Gasteiger partial charge in [0.05, 0.1) is 13.7 Å². The van der Waals surface area contributed by atoms with Crippen LogP contribution in [0.25, 0.3) is 10.9 Å². The molecule has 0 bridgehead atoms. The van der Waals surface area contributed by atoms with E-state index in [-0.39, 0.29) is 5.82 Å². The molecule has 7 nitrogen and oxygen atoms in total. The lowest BCUT2D eigenvalue weighted by molar-refractivity contribution is 0.0599. The van der Waals surface area contributed by atoms with Gasteiger partial charge in [0.25, 0.3) is 0 Å². The number of nitrogens with zero attached hydrogens (tertiary/aromatic N) is 1. The number of esters is 1. The number of rotatable bonds is 6. The Hall–Kier alpha value is -3.29. The Morgan fingerprint density at radius 1 is 1.32 bits per heavy atom. The van der Waals surface area contributed by atoms with Gasteiger partial charge < -0.3 is 24.8 Å². The first-order valence-electron chi connectivity index (χ1n) is 8.89. The Labute approximate surface area is 162 Å². The largest absolute Gasteiger partial charge is 0.465 e. The Balaban J connectivity index is 1.54. The predicted molar refractivity (Wildman–Crippen MR) is 105 cm³/mol. The fourth-order valence-corrected chi connectivity index (χ4v) is 3.01. The van der Waals surface area contributed by atoms with Crippen molar-refractivity contribution in [1.82, 2.24) is 15.6 Å². The van der Waals surface area contributed by atoms with E-state index in [9.17, 15) is 9.18 Å². The van der Waals surface area contributed by atoms with Crippen LogP contribution in [0.1, 0.15) is 27.4 Å². The maximum atomic E-state index is 13.5. The number of halogens is 1. The number of ether oxygens (including phenoxy) is 1. The second kappa shape index (κ2) is 8.60. The van der Waals surface area contributed by atoms with Gasteiger partial charge in [-0.1, -0.05) is 0 Å². The van der Waals surface area contributed by atoms with Crippen LogP contribution in [0.3, 0.4) is 0 Å². The van der Waals surface area contributed by atoms with Crippen molar-refractivity contribution in [1.29, 1.82) is 0 Å². The summed E-state index contributed by atoms with van der Waals surface area (Å²) in [6.07, 6.45) is 2.60. The van der Waals surface area contributed by atoms with Crippen LogP contribution < -0.4 is 10.6 Å². The topological polar surface area (TPSA) is 91.7 Å². The molecule has 3 aromatic rings. The van der Waals surface area contributed by atoms with Crippen molar-refractivity contribution in [3.05, 3.63) is 58.9 Å². The summed E-state index contributed by atoms with van der Waals surface area (Å²) in [5, 5.41) is 7.23. The highest BCUT2D eigenvalue weighted by Crippen LogP contribution is 2.19. The summed E-state index contributed by atoms with van der Waals surface area (Å²) in [4.78, 5) is 19.0. The minimum absolute atomic E-state index is 0.251. The summed E-state index contributed by atoms with van der Waals surface area (Å²) in [7, 11) is 3.00. The van der Waals surface area contributed by atoms with Crippen LogP contribution in [-0.4, -0.2) is 37.6 Å². The summed E-state index contributed by atoms with van der Waals surface area (Å²) in [5.74, 6) is 1.04. The molecule has 0 atom stereocenters. The Morgan fingerprint density at radius 3 is 2.89 bits per heavy atom. The number of H-pyrrole nitrogens is 1. The summed E-state index contributed by atoms with van der Waals surface area (Å²) >= 11 is 0. The zero-order chi connectivity index (χ0) is 20.1. The van der Waals surface area contributed by atoms with Crippen LogP contribution in [0, 0.1) is 12.7 Å². The van der Waals surface area contributed by atoms with Crippen LogP contribution in [-0.2, 0) is 17.7 Å². The van der Waals surface area contributed by atoms with Crippen molar-refractivity contribution in [3.63, 3.8) is 0 Å². The van der Waals surface area contributed by atoms with Gasteiger partial charge in [-0.05, 0) is 43.2 Å². The molecule has 148 valence electrons. The predicted octanol–water partition coefficient (Wildman–Crippen LogP) is 2.90. The van der Waals surface area contributed by atoms with Gasteiger partial charge in [0.1, 0.15) is 22.9 Å². The van der Waals surface area contributed by atoms with E-state index in [0.29, 0.717) is 42.6 Å². The number of aromatic amines is 1. The third kappa shape index (κ3) is 4.33. The lowest BCUT2D eigenvalue weighted by atomic mass is 10.1. The summed E-state index contributed by atoms with van der Waals surface area (Å²) in [5.41, 5.74) is 2.35. The van der Waals surface area contributed by atoms with E-state index in [1.807, 2.05) is 6.20 Å². The number of fused-ring (bicyclic) bond motifs is 1. The number of aryl methyl sites for hydroxylation is 1. The van der Waals surface area contributed by atoms with E-state index < -0.39 is 5.97 Å². The first-order valence-corrected chi connectivity index (χ1v) is 8.89. The van der Waals surface area contributed by atoms with Crippen LogP contribution in [0.4, 0.5) is 4.39 Å². The molecule has 0 radical (unpaired) electrons. The second-order valence-electron chi connectivity index (χ2n) is 6.28. The van der Waals surface area contributed by atoms with Crippen LogP contribution >= 0.6 is 0 Å². The Bertz CT molecular complexity index is 1010. The Kier molecular flexibility index (Phi) is 5.98. The van der Waals surface area contributed by atoms with Gasteiger partial charge in [0.2, 0.25) is 0 Å². The number of benzene rings is 1. The van der Waals surface area contributed by atoms with Gasteiger partial charge in [0, 0.05) is 30.7 Å². The molecule has 8 heteroatoms. The van der Waals surface area contributed by atoms with Gasteiger partial charge >= 0.3 is 5.97 Å². The third-order valence-corrected chi connectivity index (χ3v) is 4.44. The van der Waals surface area contributed by atoms with E-state index in [1.165, 1.54) is 19.2 Å². The van der Waals surface area contributed by atoms with E-state index in [0.717, 1.165) is 16.5 Å². The molecule has 1 aromatic carbocycles. The van der Waals surface area contributed by atoms with Gasteiger partial charge in [-0.25, -0.2) is 9.18 Å². The van der Waals surface area contributed by atoms with E-state index in [4.69, 9.17) is 9.15 Å². The number of guanidine groups is 1. The molecule has 28 heavy (non-hydrogen) atoms. The number of hydrogen-bond donors (Lipinski definition) is 3. The van der Waals surface area contributed by atoms with E-state index in [1.54, 1.807) is 26.1 Å². The standard InChI is InChI=1S/C20H23FN4O3/c1-12-16(19(26)27-3)9-15(28-12)11-25-20(22-2)23-7-6-13-10-24-18-5-4-14(21)8-17(13)18/h4-5,8-10,24H,6-7,11H2,1-3H3,(H2,22,23,25). The summed E-state index contributed by atoms with van der Waals surface area (Å²) < 4.78 is 23.8. The van der Waals surface area contributed by atoms with Crippen LogP contribution in [0.5, 0.6) is 0 Å². The summed E-state index contributed by atoms with van der Waals surface area (Å²) in [6.45, 7) is 2.70. The number of aromatic nitrogens is 1. The Morgan fingerprint density at radius 2 is 2.14 bits per heavy atom. The van der Waals surface area contributed by atoms with Gasteiger partial charge in [-0.2, -0.15) is 0 Å². The van der Waals surface area contributed by atoms with Crippen LogP contribution in [0.2, 0.25) is 0 Å². The molecule has 0 fully saturated rings. The molecular formula is C20H23FN4O3. The molecule has 0 amide bonds. The number of furan rings is 1. The molecule has 0 spiro atoms. The molecule has 0 unspecified atom stereocenters. The first-order chi connectivity index (χ1) is 13.5. The zero-order valence-corrected chi connectivity index (χ0v) is 16.1. The maximum Gasteiger partial charge on any atom is 0.341 e. The number of hydrogen-bond acceptors (Lipinski definition) is 4. The number of aliphatic imine (C=N–C) groups is 1. The van der Waals surface area contributed by atoms with Crippen molar-refractivity contribution in [2.75, 3.05) is 20.7 Å². The fraction of sp³-hybridized carbons (Fsp3) is 0.300. The number of carbonyl (C=O) groups is 1. The highest BCUT2D eigenvalue weighted by atomic mass is 19.1. The number of nitrogens with one attached hydrogen (secondary N) is 3. The lowest BCUT2D eigenvalue weighted by Gasteiger charge is -2.10. The second-order valence-corrected chi connectivity index (χ2v) is 6.28. The third-order valence-electron chi connectivity index (χ3n) is 4.44. The van der Waals surface area contributed by atoms with Crippen molar-refractivity contribution >= 4 is 22.8 Å². The highest BCUT2D eigenvalue weighted by molar-refractivity contribution is 5.90. The van der Waals surface area contributed by atoms with Crippen molar-refractivity contribution in [3.8, 4) is 0 Å². The van der Waals surface area contributed by atoms with E-state index in [2.05, 4.69) is 20.6 Å². The number of carbonyl (C=O) groups excluding carboxylic acids is 1. The first kappa shape index (κ1) is 19.5. The highest BCUT2D eigenvalue weighted by Gasteiger charge is 2.15. The maximum absolute atomic E-state index is 13.5. The molecule has 2 aromatic heterocycles. The SMILES string of the molecule is CN=C(NCCc1c[nH]c2ccc(F)cc12)NCc1cc(C(=O)OC)c(C)o1. The molecule has 0 aliphatic carbocycles. The normalized spacial score (nSPS) is 11.6. The molecular weight excluding hydrogens is 363 g/mol. The smallest absolute Gasteiger partial charge is 0.341 e. The molecule has 0 saturated heterocycles. The van der Waals surface area contributed by atoms with Gasteiger partial charge in [-0.15, -0.1) is 0 Å². The van der Waals surface area contributed by atoms with Crippen molar-refractivity contribution < 1.29 is 18.3 Å². The molecule has 2 heterocycles. The van der Waals surface area contributed by atoms with Crippen molar-refractivity contribution in [2.45, 2.75) is 19.9 Å². The van der Waals surface area contributed by atoms with Gasteiger partial charge in [-0.3, -0.25) is 4.99 Å². The fourth-order valence-electron chi connectivity index (χ4n) is 3.01. The molecule has 0 aliphatic heterocycles. The lowest BCUT2D eigenvalue weighted by Crippen LogP contribution is -2.37. The molecule has 0 saturated carbocycles. The molecule has 0 aliphatic rings. The summed E-state index contributed by atoms with van der Waals surface area (Å²) in [6, 6.07) is 6.36. The molecule has 3 rings (SSSR count). The zero-order valence-electron chi connectivity index (χ0n) is 16.1. The van der Waals surface area contributed by atoms with Crippen LogP contribution in [0.15, 0.2) is 39.9 Å². The minimum atomic E-state index is -0.426. The van der Waals surface area contributed by atoms with Gasteiger partial charge in [0.15, 0.2) is 5.96 Å². The quantitative estimate of drug-likeness (QED) is 0.344. The number of methoxy groups -OCH3 is 1. The molecule has 3 N–H and O–H groups in total. The average molecular weight is 386 g/mol. The van der Waals surface area contributed by atoms with E-state index >= 15 is 0 Å². The minimum Gasteiger partial charge on any atom is -0.465 e.